The number of fused-ring (bicyclic) bond motifs is 1. The molecule has 1 aliphatic rings. The zero-order chi connectivity index (χ0) is 19.4. The van der Waals surface area contributed by atoms with Crippen molar-refractivity contribution >= 4 is 15.7 Å². The summed E-state index contributed by atoms with van der Waals surface area (Å²) in [6.45, 7) is 7.80. The second-order valence-electron chi connectivity index (χ2n) is 7.85. The summed E-state index contributed by atoms with van der Waals surface area (Å²) in [5, 5.41) is 0. The van der Waals surface area contributed by atoms with E-state index in [1.165, 1.54) is 16.8 Å². The number of benzene rings is 2. The van der Waals surface area contributed by atoms with Crippen molar-refractivity contribution in [1.29, 1.82) is 0 Å². The van der Waals surface area contributed by atoms with Gasteiger partial charge in [-0.15, -0.1) is 0 Å². The molecule has 2 aromatic rings. The molecule has 0 amide bonds. The Kier molecular flexibility index (Phi) is 6.22. The van der Waals surface area contributed by atoms with Gasteiger partial charge in [0.25, 0.3) is 0 Å². The van der Waals surface area contributed by atoms with Gasteiger partial charge in [0.2, 0.25) is 10.0 Å². The molecule has 5 heteroatoms. The van der Waals surface area contributed by atoms with E-state index in [1.54, 1.807) is 12.1 Å². The van der Waals surface area contributed by atoms with Gasteiger partial charge in [0.15, 0.2) is 0 Å². The standard InChI is InChI=1S/C22H30N2O2S/c1-17(2)8-9-19-10-12-21(13-11-19)27(25,26)23-16-18(3)24-15-14-20-6-4-5-7-22(20)24/h4-7,10-13,17-18,23H,8-9,14-16H2,1-3H3. The third-order valence-electron chi connectivity index (χ3n) is 5.27. The highest BCUT2D eigenvalue weighted by Crippen LogP contribution is 2.29. The first-order valence-electron chi connectivity index (χ1n) is 9.80. The first kappa shape index (κ1) is 19.9. The van der Waals surface area contributed by atoms with E-state index in [2.05, 4.69) is 48.6 Å². The minimum atomic E-state index is -3.49. The van der Waals surface area contributed by atoms with E-state index in [0.717, 1.165) is 25.8 Å². The van der Waals surface area contributed by atoms with Gasteiger partial charge < -0.3 is 4.90 Å². The van der Waals surface area contributed by atoms with Crippen molar-refractivity contribution in [2.75, 3.05) is 18.0 Å². The number of nitrogens with one attached hydrogen (secondary N) is 1. The van der Waals surface area contributed by atoms with Crippen LogP contribution in [0.25, 0.3) is 0 Å². The SMILES string of the molecule is CC(C)CCc1ccc(S(=O)(=O)NCC(C)N2CCc3ccccc32)cc1. The second-order valence-corrected chi connectivity index (χ2v) is 9.62. The molecule has 27 heavy (non-hydrogen) atoms. The molecule has 0 spiro atoms. The van der Waals surface area contributed by atoms with Gasteiger partial charge >= 0.3 is 0 Å². The lowest BCUT2D eigenvalue weighted by Gasteiger charge is -2.27. The maximum Gasteiger partial charge on any atom is 0.240 e. The molecule has 0 aromatic heterocycles. The van der Waals surface area contributed by atoms with Crippen molar-refractivity contribution in [2.24, 2.45) is 5.92 Å². The minimum Gasteiger partial charge on any atom is -0.367 e. The molecule has 2 aromatic carbocycles. The fourth-order valence-electron chi connectivity index (χ4n) is 3.54. The number of aryl methyl sites for hydroxylation is 1. The minimum absolute atomic E-state index is 0.105. The first-order chi connectivity index (χ1) is 12.9. The molecule has 1 heterocycles. The van der Waals surface area contributed by atoms with Crippen molar-refractivity contribution in [1.82, 2.24) is 4.72 Å². The Bertz CT molecular complexity index is 860. The Morgan fingerprint density at radius 1 is 1.04 bits per heavy atom. The number of sulfonamides is 1. The lowest BCUT2D eigenvalue weighted by molar-refractivity contribution is 0.566. The summed E-state index contributed by atoms with van der Waals surface area (Å²) >= 11 is 0. The van der Waals surface area contributed by atoms with Crippen LogP contribution in [0.1, 0.15) is 38.3 Å². The van der Waals surface area contributed by atoms with E-state index in [-0.39, 0.29) is 6.04 Å². The van der Waals surface area contributed by atoms with Crippen LogP contribution < -0.4 is 9.62 Å². The van der Waals surface area contributed by atoms with Crippen molar-refractivity contribution in [3.63, 3.8) is 0 Å². The average molecular weight is 387 g/mol. The maximum atomic E-state index is 12.6. The summed E-state index contributed by atoms with van der Waals surface area (Å²) in [7, 11) is -3.49. The molecule has 4 nitrogen and oxygen atoms in total. The largest absolute Gasteiger partial charge is 0.367 e. The zero-order valence-electron chi connectivity index (χ0n) is 16.5. The normalized spacial score (nSPS) is 15.2. The van der Waals surface area contributed by atoms with Crippen molar-refractivity contribution in [3.8, 4) is 0 Å². The van der Waals surface area contributed by atoms with Crippen LogP contribution in [0.3, 0.4) is 0 Å². The summed E-state index contributed by atoms with van der Waals surface area (Å²) in [6, 6.07) is 15.7. The molecular formula is C22H30N2O2S. The third kappa shape index (κ3) is 4.90. The summed E-state index contributed by atoms with van der Waals surface area (Å²) < 4.78 is 28.1. The van der Waals surface area contributed by atoms with Gasteiger partial charge in [-0.1, -0.05) is 44.2 Å². The molecule has 1 unspecified atom stereocenters. The van der Waals surface area contributed by atoms with Gasteiger partial charge in [0, 0.05) is 24.8 Å². The topological polar surface area (TPSA) is 49.4 Å². The molecule has 1 atom stereocenters. The van der Waals surface area contributed by atoms with Crippen molar-refractivity contribution < 1.29 is 8.42 Å². The third-order valence-corrected chi connectivity index (χ3v) is 6.71. The molecule has 0 saturated heterocycles. The van der Waals surface area contributed by atoms with E-state index in [4.69, 9.17) is 0 Å². The van der Waals surface area contributed by atoms with Gasteiger partial charge in [-0.2, -0.15) is 0 Å². The fraction of sp³-hybridized carbons (Fsp3) is 0.455. The van der Waals surface area contributed by atoms with Gasteiger partial charge in [0.1, 0.15) is 0 Å². The van der Waals surface area contributed by atoms with E-state index in [9.17, 15) is 8.42 Å². The number of anilines is 1. The van der Waals surface area contributed by atoms with E-state index >= 15 is 0 Å². The van der Waals surface area contributed by atoms with Crippen molar-refractivity contribution in [3.05, 3.63) is 59.7 Å². The number of rotatable bonds is 8. The Labute approximate surface area is 163 Å². The molecule has 1 aliphatic heterocycles. The Hall–Kier alpha value is -1.85. The molecule has 1 N–H and O–H groups in total. The Balaban J connectivity index is 1.60. The Morgan fingerprint density at radius 3 is 2.44 bits per heavy atom. The van der Waals surface area contributed by atoms with Crippen LogP contribution in [0.4, 0.5) is 5.69 Å². The molecule has 0 saturated carbocycles. The summed E-state index contributed by atoms with van der Waals surface area (Å²) in [5.41, 5.74) is 3.74. The smallest absolute Gasteiger partial charge is 0.240 e. The van der Waals surface area contributed by atoms with Gasteiger partial charge in [-0.05, 0) is 61.4 Å². The number of nitrogens with zero attached hydrogens (tertiary/aromatic N) is 1. The number of hydrogen-bond donors (Lipinski definition) is 1. The second kappa shape index (κ2) is 8.44. The molecule has 0 fully saturated rings. The lowest BCUT2D eigenvalue weighted by atomic mass is 10.0. The summed E-state index contributed by atoms with van der Waals surface area (Å²) in [6.07, 6.45) is 3.11. The first-order valence-corrected chi connectivity index (χ1v) is 11.3. The van der Waals surface area contributed by atoms with Crippen LogP contribution in [-0.4, -0.2) is 27.5 Å². The van der Waals surface area contributed by atoms with Crippen molar-refractivity contribution in [2.45, 2.75) is 51.0 Å². The highest BCUT2D eigenvalue weighted by molar-refractivity contribution is 7.89. The lowest BCUT2D eigenvalue weighted by Crippen LogP contribution is -2.41. The van der Waals surface area contributed by atoms with E-state index in [1.807, 2.05) is 18.2 Å². The van der Waals surface area contributed by atoms with Gasteiger partial charge in [0.05, 0.1) is 4.90 Å². The van der Waals surface area contributed by atoms with E-state index in [0.29, 0.717) is 17.4 Å². The molecule has 0 radical (unpaired) electrons. The molecule has 0 aliphatic carbocycles. The Morgan fingerprint density at radius 2 is 1.74 bits per heavy atom. The van der Waals surface area contributed by atoms with Gasteiger partial charge in [-0.25, -0.2) is 13.1 Å². The predicted octanol–water partition coefficient (Wildman–Crippen LogP) is 4.00. The van der Waals surface area contributed by atoms with Crippen LogP contribution in [0.2, 0.25) is 0 Å². The zero-order valence-corrected chi connectivity index (χ0v) is 17.3. The van der Waals surface area contributed by atoms with Crippen LogP contribution in [0.15, 0.2) is 53.4 Å². The molecule has 0 bridgehead atoms. The van der Waals surface area contributed by atoms with Crippen LogP contribution in [-0.2, 0) is 22.9 Å². The monoisotopic (exact) mass is 386 g/mol. The van der Waals surface area contributed by atoms with E-state index < -0.39 is 10.0 Å². The van der Waals surface area contributed by atoms with Crippen LogP contribution in [0.5, 0.6) is 0 Å². The van der Waals surface area contributed by atoms with Crippen LogP contribution >= 0.6 is 0 Å². The number of para-hydroxylation sites is 1. The summed E-state index contributed by atoms with van der Waals surface area (Å²) in [5.74, 6) is 0.646. The quantitative estimate of drug-likeness (QED) is 0.746. The number of hydrogen-bond acceptors (Lipinski definition) is 3. The molecule has 3 rings (SSSR count). The average Bonchev–Trinajstić information content (AvgIpc) is 3.09. The molecular weight excluding hydrogens is 356 g/mol. The van der Waals surface area contributed by atoms with Crippen LogP contribution in [0, 0.1) is 5.92 Å². The summed E-state index contributed by atoms with van der Waals surface area (Å²) in [4.78, 5) is 2.62. The highest BCUT2D eigenvalue weighted by Gasteiger charge is 2.24. The van der Waals surface area contributed by atoms with Gasteiger partial charge in [-0.3, -0.25) is 0 Å². The fourth-order valence-corrected chi connectivity index (χ4v) is 4.66. The highest BCUT2D eigenvalue weighted by atomic mass is 32.2. The molecule has 146 valence electrons. The predicted molar refractivity (Wildman–Crippen MR) is 112 cm³/mol. The maximum absolute atomic E-state index is 12.6.